The van der Waals surface area contributed by atoms with Gasteiger partial charge in [0.05, 0.1) is 0 Å². The molecule has 2 aliphatic heterocycles. The van der Waals surface area contributed by atoms with E-state index in [9.17, 15) is 4.79 Å². The summed E-state index contributed by atoms with van der Waals surface area (Å²) >= 11 is 0. The van der Waals surface area contributed by atoms with Crippen molar-refractivity contribution in [1.82, 2.24) is 4.90 Å². The van der Waals surface area contributed by atoms with Crippen molar-refractivity contribution in [1.29, 1.82) is 0 Å². The van der Waals surface area contributed by atoms with Crippen molar-refractivity contribution in [2.45, 2.75) is 6.42 Å². The molecule has 134 valence electrons. The first-order chi connectivity index (χ1) is 12.7. The maximum atomic E-state index is 12.3. The van der Waals surface area contributed by atoms with Crippen molar-refractivity contribution >= 4 is 12.0 Å². The Morgan fingerprint density at radius 2 is 1.62 bits per heavy atom. The lowest BCUT2D eigenvalue weighted by atomic mass is 10.1. The number of carbonyl (C=O) groups excluding carboxylic acids is 1. The molecule has 0 aliphatic carbocycles. The second-order valence-electron chi connectivity index (χ2n) is 6.14. The van der Waals surface area contributed by atoms with Crippen LogP contribution in [0.5, 0.6) is 23.0 Å². The number of hydrogen-bond donors (Lipinski definition) is 0. The van der Waals surface area contributed by atoms with Gasteiger partial charge in [-0.2, -0.15) is 0 Å². The van der Waals surface area contributed by atoms with E-state index in [0.29, 0.717) is 12.3 Å². The molecule has 0 aromatic heterocycles. The smallest absolute Gasteiger partial charge is 0.246 e. The number of carbonyl (C=O) groups is 1. The molecule has 0 bridgehead atoms. The molecule has 0 atom stereocenters. The number of nitrogens with zero attached hydrogens (tertiary/aromatic N) is 1. The number of rotatable bonds is 5. The largest absolute Gasteiger partial charge is 0.454 e. The second kappa shape index (κ2) is 7.00. The summed E-state index contributed by atoms with van der Waals surface area (Å²) in [5.74, 6) is 2.91. The van der Waals surface area contributed by atoms with Gasteiger partial charge in [-0.1, -0.05) is 12.1 Å². The lowest BCUT2D eigenvalue weighted by Gasteiger charge is -2.15. The van der Waals surface area contributed by atoms with E-state index in [1.165, 1.54) is 0 Å². The van der Waals surface area contributed by atoms with Gasteiger partial charge in [0.2, 0.25) is 19.5 Å². The van der Waals surface area contributed by atoms with Crippen molar-refractivity contribution in [3.63, 3.8) is 0 Å². The summed E-state index contributed by atoms with van der Waals surface area (Å²) in [5, 5.41) is 0. The van der Waals surface area contributed by atoms with Crippen molar-refractivity contribution in [3.8, 4) is 23.0 Å². The summed E-state index contributed by atoms with van der Waals surface area (Å²) in [6.07, 6.45) is 4.09. The average molecular weight is 353 g/mol. The summed E-state index contributed by atoms with van der Waals surface area (Å²) in [6.45, 7) is 1.12. The molecule has 0 fully saturated rings. The van der Waals surface area contributed by atoms with Crippen LogP contribution >= 0.6 is 0 Å². The van der Waals surface area contributed by atoms with Crippen LogP contribution in [0.2, 0.25) is 0 Å². The minimum absolute atomic E-state index is 0.0524. The van der Waals surface area contributed by atoms with E-state index in [0.717, 1.165) is 34.8 Å². The maximum Gasteiger partial charge on any atom is 0.246 e. The van der Waals surface area contributed by atoms with Crippen LogP contribution in [0.1, 0.15) is 11.1 Å². The van der Waals surface area contributed by atoms with Gasteiger partial charge in [-0.25, -0.2) is 0 Å². The molecule has 1 amide bonds. The average Bonchev–Trinajstić information content (AvgIpc) is 3.31. The predicted octanol–water partition coefficient (Wildman–Crippen LogP) is 2.86. The zero-order valence-electron chi connectivity index (χ0n) is 14.4. The molecule has 0 spiro atoms. The van der Waals surface area contributed by atoms with Crippen LogP contribution in [0.25, 0.3) is 6.08 Å². The SMILES string of the molecule is CN(CCc1ccc2c(c1)OCO2)C(=O)/C=C/c1ccc2c(c1)OCO2. The van der Waals surface area contributed by atoms with Crippen LogP contribution in [-0.2, 0) is 11.2 Å². The molecule has 0 N–H and O–H groups in total. The third kappa shape index (κ3) is 3.44. The second-order valence-corrected chi connectivity index (χ2v) is 6.14. The third-order valence-corrected chi connectivity index (χ3v) is 4.36. The summed E-state index contributed by atoms with van der Waals surface area (Å²) in [5.41, 5.74) is 2.00. The van der Waals surface area contributed by atoms with Gasteiger partial charge in [0.15, 0.2) is 23.0 Å². The molecule has 2 aromatic carbocycles. The Morgan fingerprint density at radius 1 is 0.962 bits per heavy atom. The van der Waals surface area contributed by atoms with Gasteiger partial charge in [0.1, 0.15) is 0 Å². The van der Waals surface area contributed by atoms with Crippen LogP contribution in [0.4, 0.5) is 0 Å². The molecule has 0 saturated heterocycles. The summed E-state index contributed by atoms with van der Waals surface area (Å²) < 4.78 is 21.3. The van der Waals surface area contributed by atoms with Crippen LogP contribution in [0.3, 0.4) is 0 Å². The van der Waals surface area contributed by atoms with Gasteiger partial charge in [-0.3, -0.25) is 4.79 Å². The molecule has 6 heteroatoms. The van der Waals surface area contributed by atoms with Crippen molar-refractivity contribution in [2.75, 3.05) is 27.2 Å². The first kappa shape index (κ1) is 16.3. The van der Waals surface area contributed by atoms with E-state index in [2.05, 4.69) is 0 Å². The van der Waals surface area contributed by atoms with E-state index in [4.69, 9.17) is 18.9 Å². The quantitative estimate of drug-likeness (QED) is 0.774. The highest BCUT2D eigenvalue weighted by atomic mass is 16.7. The lowest BCUT2D eigenvalue weighted by Crippen LogP contribution is -2.27. The molecular weight excluding hydrogens is 334 g/mol. The first-order valence-electron chi connectivity index (χ1n) is 8.40. The van der Waals surface area contributed by atoms with E-state index in [1.54, 1.807) is 24.1 Å². The highest BCUT2D eigenvalue weighted by molar-refractivity contribution is 5.91. The Bertz CT molecular complexity index is 861. The molecule has 0 unspecified atom stereocenters. The van der Waals surface area contributed by atoms with Crippen LogP contribution in [0.15, 0.2) is 42.5 Å². The number of hydrogen-bond acceptors (Lipinski definition) is 5. The van der Waals surface area contributed by atoms with E-state index in [-0.39, 0.29) is 19.5 Å². The molecule has 0 saturated carbocycles. The molecule has 26 heavy (non-hydrogen) atoms. The van der Waals surface area contributed by atoms with Crippen molar-refractivity contribution in [2.24, 2.45) is 0 Å². The topological polar surface area (TPSA) is 57.2 Å². The fourth-order valence-electron chi connectivity index (χ4n) is 2.82. The molecule has 4 rings (SSSR count). The number of amides is 1. The minimum Gasteiger partial charge on any atom is -0.454 e. The van der Waals surface area contributed by atoms with Gasteiger partial charge in [0.25, 0.3) is 0 Å². The normalized spacial score (nSPS) is 14.0. The molecule has 0 radical (unpaired) electrons. The highest BCUT2D eigenvalue weighted by Crippen LogP contribution is 2.33. The standard InChI is InChI=1S/C20H19NO5/c1-21(9-8-15-3-6-17-19(11-15)26-13-24-17)20(22)7-4-14-2-5-16-18(10-14)25-12-23-16/h2-7,10-11H,8-9,12-13H2,1H3/b7-4+. The number of benzene rings is 2. The molecule has 6 nitrogen and oxygen atoms in total. The minimum atomic E-state index is -0.0524. The van der Waals surface area contributed by atoms with Gasteiger partial charge in [-0.05, 0) is 47.9 Å². The van der Waals surface area contributed by atoms with Crippen LogP contribution in [-0.4, -0.2) is 38.0 Å². The van der Waals surface area contributed by atoms with Crippen molar-refractivity contribution < 1.29 is 23.7 Å². The predicted molar refractivity (Wildman–Crippen MR) is 95.5 cm³/mol. The first-order valence-corrected chi connectivity index (χ1v) is 8.40. The van der Waals surface area contributed by atoms with Gasteiger partial charge >= 0.3 is 0 Å². The van der Waals surface area contributed by atoms with Gasteiger partial charge < -0.3 is 23.8 Å². The maximum absolute atomic E-state index is 12.3. The molecule has 2 aromatic rings. The Hall–Kier alpha value is -3.15. The molecule has 2 aliphatic rings. The zero-order chi connectivity index (χ0) is 17.9. The monoisotopic (exact) mass is 353 g/mol. The van der Waals surface area contributed by atoms with Crippen LogP contribution in [0, 0.1) is 0 Å². The highest BCUT2D eigenvalue weighted by Gasteiger charge is 2.14. The van der Waals surface area contributed by atoms with E-state index in [1.807, 2.05) is 36.4 Å². The van der Waals surface area contributed by atoms with Crippen molar-refractivity contribution in [3.05, 3.63) is 53.6 Å². The summed E-state index contributed by atoms with van der Waals surface area (Å²) in [7, 11) is 1.79. The zero-order valence-corrected chi connectivity index (χ0v) is 14.4. The van der Waals surface area contributed by atoms with Gasteiger partial charge in [0, 0.05) is 19.7 Å². The lowest BCUT2D eigenvalue weighted by molar-refractivity contribution is -0.124. The Balaban J connectivity index is 1.33. The molecular formula is C20H19NO5. The number of ether oxygens (including phenoxy) is 4. The third-order valence-electron chi connectivity index (χ3n) is 4.36. The Labute approximate surface area is 151 Å². The van der Waals surface area contributed by atoms with Gasteiger partial charge in [-0.15, -0.1) is 0 Å². The van der Waals surface area contributed by atoms with E-state index < -0.39 is 0 Å². The fraction of sp³-hybridized carbons (Fsp3) is 0.250. The number of fused-ring (bicyclic) bond motifs is 2. The fourth-order valence-corrected chi connectivity index (χ4v) is 2.82. The Kier molecular flexibility index (Phi) is 4.39. The number of likely N-dealkylation sites (N-methyl/N-ethyl adjacent to an activating group) is 1. The summed E-state index contributed by atoms with van der Waals surface area (Å²) in [4.78, 5) is 14.0. The summed E-state index contributed by atoms with van der Waals surface area (Å²) in [6, 6.07) is 11.5. The van der Waals surface area contributed by atoms with Crippen LogP contribution < -0.4 is 18.9 Å². The Morgan fingerprint density at radius 3 is 2.38 bits per heavy atom. The van der Waals surface area contributed by atoms with E-state index >= 15 is 0 Å². The molecule has 2 heterocycles.